The Kier molecular flexibility index (Phi) is 4.94. The molecular formula is C15H23ClN2O3. The Labute approximate surface area is 130 Å². The summed E-state index contributed by atoms with van der Waals surface area (Å²) in [7, 11) is 0. The molecule has 0 aromatic carbocycles. The second-order valence-electron chi connectivity index (χ2n) is 6.68. The summed E-state index contributed by atoms with van der Waals surface area (Å²) >= 11 is 5.37. The molecule has 2 heterocycles. The molecule has 2 saturated heterocycles. The summed E-state index contributed by atoms with van der Waals surface area (Å²) in [5, 5.41) is 2.81. The first-order chi connectivity index (χ1) is 9.78. The van der Waals surface area contributed by atoms with Crippen molar-refractivity contribution < 1.29 is 14.3 Å². The molecule has 0 saturated carbocycles. The molecule has 0 radical (unpaired) electrons. The predicted octanol–water partition coefficient (Wildman–Crippen LogP) is 2.30. The molecule has 2 fully saturated rings. The number of rotatable bonds is 2. The molecule has 5 nitrogen and oxygen atoms in total. The monoisotopic (exact) mass is 314 g/mol. The van der Waals surface area contributed by atoms with Gasteiger partial charge >= 0.3 is 6.09 Å². The van der Waals surface area contributed by atoms with E-state index < -0.39 is 10.8 Å². The molecule has 1 amide bonds. The highest BCUT2D eigenvalue weighted by Gasteiger charge is 2.43. The molecule has 118 valence electrons. The van der Waals surface area contributed by atoms with Gasteiger partial charge in [0.15, 0.2) is 0 Å². The average Bonchev–Trinajstić information content (AvgIpc) is 2.81. The fourth-order valence-corrected chi connectivity index (χ4v) is 3.14. The number of amides is 1. The van der Waals surface area contributed by atoms with Crippen molar-refractivity contribution in [3.8, 4) is 0 Å². The van der Waals surface area contributed by atoms with Gasteiger partial charge in [0.2, 0.25) is 5.24 Å². The first-order valence-electron chi connectivity index (χ1n) is 7.37. The van der Waals surface area contributed by atoms with Crippen molar-refractivity contribution in [2.24, 2.45) is 5.92 Å². The van der Waals surface area contributed by atoms with Crippen molar-refractivity contribution in [1.29, 1.82) is 0 Å². The maximum atomic E-state index is 12.5. The smallest absolute Gasteiger partial charge is 0.411 e. The molecule has 2 aliphatic rings. The number of ether oxygens (including phenoxy) is 1. The number of allylic oxidation sites excluding steroid dienone is 1. The lowest BCUT2D eigenvalue weighted by atomic mass is 9.87. The fraction of sp³-hybridized carbons (Fsp3) is 0.733. The van der Waals surface area contributed by atoms with Crippen molar-refractivity contribution in [3.63, 3.8) is 0 Å². The van der Waals surface area contributed by atoms with E-state index in [4.69, 9.17) is 16.3 Å². The molecule has 0 bridgehead atoms. The second-order valence-corrected chi connectivity index (χ2v) is 7.05. The number of piperidine rings is 1. The van der Waals surface area contributed by atoms with Gasteiger partial charge in [0.05, 0.1) is 12.1 Å². The van der Waals surface area contributed by atoms with E-state index in [0.717, 1.165) is 25.9 Å². The van der Waals surface area contributed by atoms with E-state index in [2.05, 4.69) is 5.32 Å². The van der Waals surface area contributed by atoms with E-state index >= 15 is 0 Å². The minimum absolute atomic E-state index is 0.119. The van der Waals surface area contributed by atoms with Crippen LogP contribution in [0.25, 0.3) is 0 Å². The summed E-state index contributed by atoms with van der Waals surface area (Å²) in [6.07, 6.45) is 4.57. The summed E-state index contributed by atoms with van der Waals surface area (Å²) < 4.78 is 5.53. The molecule has 6 heteroatoms. The molecule has 21 heavy (non-hydrogen) atoms. The summed E-state index contributed by atoms with van der Waals surface area (Å²) in [6, 6.07) is -0.0163. The number of halogens is 1. The molecule has 0 aromatic rings. The number of likely N-dealkylation sites (tertiary alicyclic amines) is 1. The molecular weight excluding hydrogens is 292 g/mol. The van der Waals surface area contributed by atoms with E-state index in [0.29, 0.717) is 5.92 Å². The van der Waals surface area contributed by atoms with E-state index in [1.165, 1.54) is 6.08 Å². The predicted molar refractivity (Wildman–Crippen MR) is 81.2 cm³/mol. The van der Waals surface area contributed by atoms with Gasteiger partial charge in [0.1, 0.15) is 5.60 Å². The number of carbonyl (C=O) groups is 2. The van der Waals surface area contributed by atoms with Gasteiger partial charge in [0.25, 0.3) is 0 Å². The molecule has 0 spiro atoms. The Bertz CT molecular complexity index is 445. The molecule has 3 atom stereocenters. The van der Waals surface area contributed by atoms with Crippen molar-refractivity contribution >= 4 is 22.9 Å². The maximum absolute atomic E-state index is 12.5. The third kappa shape index (κ3) is 4.20. The van der Waals surface area contributed by atoms with Crippen molar-refractivity contribution in [3.05, 3.63) is 12.2 Å². The van der Waals surface area contributed by atoms with Crippen molar-refractivity contribution in [2.45, 2.75) is 51.3 Å². The zero-order valence-corrected chi connectivity index (χ0v) is 13.5. The van der Waals surface area contributed by atoms with Crippen LogP contribution in [0.2, 0.25) is 0 Å². The Balaban J connectivity index is 2.18. The van der Waals surface area contributed by atoms with E-state index in [-0.39, 0.29) is 18.2 Å². The largest absolute Gasteiger partial charge is 0.444 e. The molecule has 1 N–H and O–H groups in total. The number of nitrogens with zero attached hydrogens (tertiary/aromatic N) is 1. The van der Waals surface area contributed by atoms with E-state index in [1.807, 2.05) is 20.8 Å². The van der Waals surface area contributed by atoms with Gasteiger partial charge in [-0.3, -0.25) is 9.69 Å². The first-order valence-corrected chi connectivity index (χ1v) is 7.75. The summed E-state index contributed by atoms with van der Waals surface area (Å²) in [5.74, 6) is 0.453. The van der Waals surface area contributed by atoms with Crippen LogP contribution in [0.3, 0.4) is 0 Å². The molecule has 2 aliphatic heterocycles. The van der Waals surface area contributed by atoms with E-state index in [9.17, 15) is 9.59 Å². The van der Waals surface area contributed by atoms with Gasteiger partial charge in [-0.15, -0.1) is 0 Å². The van der Waals surface area contributed by atoms with Crippen LogP contribution < -0.4 is 5.32 Å². The van der Waals surface area contributed by atoms with E-state index in [1.54, 1.807) is 11.0 Å². The van der Waals surface area contributed by atoms with Crippen LogP contribution in [-0.4, -0.2) is 47.0 Å². The number of hydrogen-bond acceptors (Lipinski definition) is 4. The number of fused-ring (bicyclic) bond motifs is 1. The second kappa shape index (κ2) is 6.36. The van der Waals surface area contributed by atoms with Crippen LogP contribution in [-0.2, 0) is 9.53 Å². The Morgan fingerprint density at radius 2 is 2.00 bits per heavy atom. The normalized spacial score (nSPS) is 29.5. The van der Waals surface area contributed by atoms with Crippen LogP contribution in [0.5, 0.6) is 0 Å². The quantitative estimate of drug-likeness (QED) is 0.627. The van der Waals surface area contributed by atoms with Crippen LogP contribution in [0.4, 0.5) is 4.79 Å². The maximum Gasteiger partial charge on any atom is 0.411 e. The van der Waals surface area contributed by atoms with Crippen LogP contribution in [0.1, 0.15) is 33.6 Å². The Morgan fingerprint density at radius 1 is 1.29 bits per heavy atom. The highest BCUT2D eigenvalue weighted by molar-refractivity contribution is 6.66. The third-order valence-corrected chi connectivity index (χ3v) is 4.03. The van der Waals surface area contributed by atoms with Crippen LogP contribution in [0.15, 0.2) is 12.2 Å². The summed E-state index contributed by atoms with van der Waals surface area (Å²) in [4.78, 5) is 25.3. The lowest BCUT2D eigenvalue weighted by Gasteiger charge is -2.42. The van der Waals surface area contributed by atoms with Gasteiger partial charge < -0.3 is 10.1 Å². The third-order valence-electron chi connectivity index (χ3n) is 3.91. The van der Waals surface area contributed by atoms with Crippen molar-refractivity contribution in [1.82, 2.24) is 10.2 Å². The fourth-order valence-electron chi connectivity index (χ4n) is 3.07. The molecule has 0 aliphatic carbocycles. The Hall–Kier alpha value is -1.07. The minimum atomic E-state index is -0.535. The summed E-state index contributed by atoms with van der Waals surface area (Å²) in [6.45, 7) is 7.25. The average molecular weight is 315 g/mol. The highest BCUT2D eigenvalue weighted by Crippen LogP contribution is 2.32. The first kappa shape index (κ1) is 16.3. The lowest BCUT2D eigenvalue weighted by Crippen LogP contribution is -2.54. The molecule has 3 unspecified atom stereocenters. The highest BCUT2D eigenvalue weighted by atomic mass is 35.5. The van der Waals surface area contributed by atoms with Crippen LogP contribution >= 0.6 is 11.6 Å². The molecule has 2 rings (SSSR count). The van der Waals surface area contributed by atoms with Crippen LogP contribution in [0, 0.1) is 5.92 Å². The molecule has 0 aromatic heterocycles. The summed E-state index contributed by atoms with van der Waals surface area (Å²) in [5.41, 5.74) is -0.535. The minimum Gasteiger partial charge on any atom is -0.444 e. The van der Waals surface area contributed by atoms with Gasteiger partial charge in [-0.1, -0.05) is 6.08 Å². The number of nitrogens with one attached hydrogen (secondary N) is 1. The SMILES string of the molecule is CC(C)(C)OC(=O)N1C(/C=C/C(=O)Cl)CCC2CNCC21. The van der Waals surface area contributed by atoms with Gasteiger partial charge in [-0.05, 0) is 57.2 Å². The van der Waals surface area contributed by atoms with Crippen molar-refractivity contribution in [2.75, 3.05) is 13.1 Å². The lowest BCUT2D eigenvalue weighted by molar-refractivity contribution is -0.107. The number of hydrogen-bond donors (Lipinski definition) is 1. The van der Waals surface area contributed by atoms with Gasteiger partial charge in [-0.2, -0.15) is 0 Å². The Morgan fingerprint density at radius 3 is 2.62 bits per heavy atom. The van der Waals surface area contributed by atoms with Gasteiger partial charge in [-0.25, -0.2) is 4.79 Å². The standard InChI is InChI=1S/C15H23ClN2O3/c1-15(2,3)21-14(20)18-11(6-7-13(16)19)5-4-10-8-17-9-12(10)18/h6-7,10-12,17H,4-5,8-9H2,1-3H3/b7-6+. The van der Waals surface area contributed by atoms with Gasteiger partial charge in [0, 0.05) is 13.1 Å². The zero-order valence-electron chi connectivity index (χ0n) is 12.8. The number of carbonyl (C=O) groups excluding carboxylic acids is 2. The topological polar surface area (TPSA) is 58.6 Å². The zero-order chi connectivity index (χ0) is 15.6.